The van der Waals surface area contributed by atoms with E-state index >= 15 is 0 Å². The van der Waals surface area contributed by atoms with Crippen molar-refractivity contribution in [2.75, 3.05) is 24.6 Å². The summed E-state index contributed by atoms with van der Waals surface area (Å²) in [4.78, 5) is 18.7. The van der Waals surface area contributed by atoms with E-state index in [9.17, 15) is 4.79 Å². The fraction of sp³-hybridized carbons (Fsp3) is 0.412. The first kappa shape index (κ1) is 16.1. The monoisotopic (exact) mass is 330 g/mol. The minimum Gasteiger partial charge on any atom is -0.349 e. The van der Waals surface area contributed by atoms with Gasteiger partial charge in [0.2, 0.25) is 0 Å². The number of hydrogen-bond donors (Lipinski definition) is 1. The molecular weight excluding hydrogens is 308 g/mol. The normalized spacial score (nSPS) is 18.7. The summed E-state index contributed by atoms with van der Waals surface area (Å²) in [7, 11) is 1.86. The van der Waals surface area contributed by atoms with Gasteiger partial charge in [0.05, 0.1) is 6.33 Å². The Morgan fingerprint density at radius 1 is 1.39 bits per heavy atom. The molecule has 1 N–H and O–H groups in total. The van der Waals surface area contributed by atoms with Gasteiger partial charge in [-0.25, -0.2) is 4.98 Å². The van der Waals surface area contributed by atoms with Gasteiger partial charge in [0.1, 0.15) is 5.69 Å². The first-order valence-corrected chi connectivity index (χ1v) is 9.00. The molecule has 2 aromatic rings. The Hall–Kier alpha value is -1.79. The predicted octanol–water partition coefficient (Wildman–Crippen LogP) is 1.77. The van der Waals surface area contributed by atoms with E-state index in [4.69, 9.17) is 0 Å². The van der Waals surface area contributed by atoms with Gasteiger partial charge in [-0.3, -0.25) is 9.69 Å². The number of amides is 1. The van der Waals surface area contributed by atoms with E-state index in [2.05, 4.69) is 39.5 Å². The fourth-order valence-electron chi connectivity index (χ4n) is 2.73. The lowest BCUT2D eigenvalue weighted by molar-refractivity contribution is 0.0931. The molecule has 0 saturated carbocycles. The number of imidazole rings is 1. The third kappa shape index (κ3) is 4.36. The van der Waals surface area contributed by atoms with Crippen molar-refractivity contribution in [3.63, 3.8) is 0 Å². The molecule has 1 saturated heterocycles. The Balaban J connectivity index is 1.57. The van der Waals surface area contributed by atoms with E-state index in [1.807, 2.05) is 24.9 Å². The van der Waals surface area contributed by atoms with Gasteiger partial charge < -0.3 is 9.88 Å². The number of benzene rings is 1. The van der Waals surface area contributed by atoms with E-state index in [1.54, 1.807) is 17.1 Å². The average Bonchev–Trinajstić information content (AvgIpc) is 3.01. The maximum atomic E-state index is 12.2. The van der Waals surface area contributed by atoms with Crippen LogP contribution in [0.25, 0.3) is 0 Å². The van der Waals surface area contributed by atoms with Crippen LogP contribution in [0.1, 0.15) is 16.1 Å². The molecule has 1 atom stereocenters. The molecule has 1 aliphatic heterocycles. The minimum absolute atomic E-state index is 0.0964. The molecule has 23 heavy (non-hydrogen) atoms. The maximum Gasteiger partial charge on any atom is 0.271 e. The molecule has 1 unspecified atom stereocenters. The Labute approximate surface area is 141 Å². The highest BCUT2D eigenvalue weighted by atomic mass is 32.2. The highest BCUT2D eigenvalue weighted by Gasteiger charge is 2.23. The number of nitrogens with one attached hydrogen (secondary N) is 1. The molecule has 1 aliphatic rings. The molecule has 0 spiro atoms. The van der Waals surface area contributed by atoms with E-state index in [-0.39, 0.29) is 5.91 Å². The first-order chi connectivity index (χ1) is 11.2. The molecule has 122 valence electrons. The van der Waals surface area contributed by atoms with Crippen molar-refractivity contribution in [3.8, 4) is 0 Å². The summed E-state index contributed by atoms with van der Waals surface area (Å²) in [6.07, 6.45) is 3.39. The Morgan fingerprint density at radius 2 is 2.22 bits per heavy atom. The second-order valence-electron chi connectivity index (χ2n) is 5.82. The number of carbonyl (C=O) groups excluding carboxylic acids is 1. The van der Waals surface area contributed by atoms with E-state index in [1.165, 1.54) is 5.56 Å². The van der Waals surface area contributed by atoms with Crippen molar-refractivity contribution >= 4 is 17.7 Å². The molecule has 0 aliphatic carbocycles. The van der Waals surface area contributed by atoms with Gasteiger partial charge in [-0.15, -0.1) is 0 Å². The maximum absolute atomic E-state index is 12.2. The summed E-state index contributed by atoms with van der Waals surface area (Å²) in [5.41, 5.74) is 1.80. The van der Waals surface area contributed by atoms with Crippen LogP contribution in [0.15, 0.2) is 42.9 Å². The smallest absolute Gasteiger partial charge is 0.271 e. The molecular formula is C17H22N4OS. The molecule has 0 radical (unpaired) electrons. The Kier molecular flexibility index (Phi) is 5.35. The molecule has 1 aromatic heterocycles. The zero-order chi connectivity index (χ0) is 16.1. The van der Waals surface area contributed by atoms with Crippen LogP contribution in [0.2, 0.25) is 0 Å². The topological polar surface area (TPSA) is 50.2 Å². The van der Waals surface area contributed by atoms with Crippen molar-refractivity contribution < 1.29 is 4.79 Å². The van der Waals surface area contributed by atoms with Crippen LogP contribution < -0.4 is 5.32 Å². The van der Waals surface area contributed by atoms with E-state index in [0.717, 1.165) is 24.6 Å². The number of aromatic nitrogens is 2. The van der Waals surface area contributed by atoms with Crippen LogP contribution >= 0.6 is 11.8 Å². The Morgan fingerprint density at radius 3 is 2.96 bits per heavy atom. The summed E-state index contributed by atoms with van der Waals surface area (Å²) in [6.45, 7) is 2.66. The van der Waals surface area contributed by atoms with Crippen LogP contribution in [0.3, 0.4) is 0 Å². The van der Waals surface area contributed by atoms with Gasteiger partial charge in [0.15, 0.2) is 0 Å². The standard InChI is InChI=1S/C17H22N4OS/c1-20-11-16(19-13-20)17(22)18-9-15-12-23-8-7-21(15)10-14-5-3-2-4-6-14/h2-6,11,13,15H,7-10,12H2,1H3,(H,18,22). The number of hydrogen-bond acceptors (Lipinski definition) is 4. The molecule has 0 bridgehead atoms. The summed E-state index contributed by atoms with van der Waals surface area (Å²) >= 11 is 1.96. The van der Waals surface area contributed by atoms with Gasteiger partial charge >= 0.3 is 0 Å². The summed E-state index contributed by atoms with van der Waals surface area (Å²) in [5.74, 6) is 2.10. The van der Waals surface area contributed by atoms with Crippen molar-refractivity contribution in [1.29, 1.82) is 0 Å². The van der Waals surface area contributed by atoms with Crippen LogP contribution in [0, 0.1) is 0 Å². The first-order valence-electron chi connectivity index (χ1n) is 7.84. The number of nitrogens with zero attached hydrogens (tertiary/aromatic N) is 3. The SMILES string of the molecule is Cn1cnc(C(=O)NCC2CSCCN2Cc2ccccc2)c1. The summed E-state index contributed by atoms with van der Waals surface area (Å²) < 4.78 is 1.78. The van der Waals surface area contributed by atoms with Crippen LogP contribution in [0.4, 0.5) is 0 Å². The van der Waals surface area contributed by atoms with Crippen molar-refractivity contribution in [2.45, 2.75) is 12.6 Å². The molecule has 2 heterocycles. The van der Waals surface area contributed by atoms with Gasteiger partial charge in [-0.05, 0) is 5.56 Å². The molecule has 6 heteroatoms. The lowest BCUT2D eigenvalue weighted by Crippen LogP contribution is -2.48. The minimum atomic E-state index is -0.0964. The van der Waals surface area contributed by atoms with Crippen LogP contribution in [-0.2, 0) is 13.6 Å². The third-order valence-electron chi connectivity index (χ3n) is 4.01. The highest BCUT2D eigenvalue weighted by molar-refractivity contribution is 7.99. The lowest BCUT2D eigenvalue weighted by Gasteiger charge is -2.35. The second-order valence-corrected chi connectivity index (χ2v) is 6.97. The van der Waals surface area contributed by atoms with Gasteiger partial charge in [-0.1, -0.05) is 30.3 Å². The molecule has 1 fully saturated rings. The average molecular weight is 330 g/mol. The number of aryl methyl sites for hydroxylation is 1. The van der Waals surface area contributed by atoms with Crippen molar-refractivity contribution in [3.05, 3.63) is 54.1 Å². The zero-order valence-electron chi connectivity index (χ0n) is 13.3. The quantitative estimate of drug-likeness (QED) is 0.908. The Bertz CT molecular complexity index is 643. The second kappa shape index (κ2) is 7.66. The van der Waals surface area contributed by atoms with Gasteiger partial charge in [0, 0.05) is 50.4 Å². The van der Waals surface area contributed by atoms with Gasteiger partial charge in [-0.2, -0.15) is 11.8 Å². The zero-order valence-corrected chi connectivity index (χ0v) is 14.1. The molecule has 1 amide bonds. The van der Waals surface area contributed by atoms with E-state index in [0.29, 0.717) is 18.3 Å². The highest BCUT2D eigenvalue weighted by Crippen LogP contribution is 2.18. The predicted molar refractivity (Wildman–Crippen MR) is 93.5 cm³/mol. The lowest BCUT2D eigenvalue weighted by atomic mass is 10.1. The summed E-state index contributed by atoms with van der Waals surface area (Å²) in [6, 6.07) is 10.9. The van der Waals surface area contributed by atoms with Crippen LogP contribution in [-0.4, -0.2) is 51.0 Å². The van der Waals surface area contributed by atoms with Crippen LogP contribution in [0.5, 0.6) is 0 Å². The molecule has 3 rings (SSSR count). The number of carbonyl (C=O) groups is 1. The molecule has 5 nitrogen and oxygen atoms in total. The third-order valence-corrected chi connectivity index (χ3v) is 5.11. The number of thioether (sulfide) groups is 1. The molecule has 1 aromatic carbocycles. The van der Waals surface area contributed by atoms with Crippen molar-refractivity contribution in [2.24, 2.45) is 7.05 Å². The largest absolute Gasteiger partial charge is 0.349 e. The fourth-order valence-corrected chi connectivity index (χ4v) is 3.87. The van der Waals surface area contributed by atoms with Gasteiger partial charge in [0.25, 0.3) is 5.91 Å². The van der Waals surface area contributed by atoms with Crippen molar-refractivity contribution in [1.82, 2.24) is 19.8 Å². The number of rotatable bonds is 5. The van der Waals surface area contributed by atoms with E-state index < -0.39 is 0 Å². The summed E-state index contributed by atoms with van der Waals surface area (Å²) in [5, 5.41) is 3.03.